The Bertz CT molecular complexity index is 1030. The van der Waals surface area contributed by atoms with E-state index in [2.05, 4.69) is 14.9 Å². The molecule has 0 aliphatic carbocycles. The van der Waals surface area contributed by atoms with Crippen LogP contribution in [0, 0.1) is 12.7 Å². The molecule has 1 saturated heterocycles. The van der Waals surface area contributed by atoms with Gasteiger partial charge in [-0.2, -0.15) is 0 Å². The van der Waals surface area contributed by atoms with E-state index in [1.807, 2.05) is 24.0 Å². The van der Waals surface area contributed by atoms with Gasteiger partial charge in [0.1, 0.15) is 23.7 Å². The molecule has 0 spiro atoms. The van der Waals surface area contributed by atoms with Crippen LogP contribution in [0.25, 0.3) is 10.9 Å². The van der Waals surface area contributed by atoms with Crippen molar-refractivity contribution in [2.75, 3.05) is 38.2 Å². The third-order valence-electron chi connectivity index (χ3n) is 5.10. The van der Waals surface area contributed by atoms with E-state index in [9.17, 15) is 9.18 Å². The van der Waals surface area contributed by atoms with Crippen LogP contribution in [0.4, 0.5) is 10.2 Å². The molecule has 0 atom stereocenters. The molecule has 2 heterocycles. The zero-order valence-corrected chi connectivity index (χ0v) is 15.9. The first-order valence-corrected chi connectivity index (χ1v) is 9.16. The summed E-state index contributed by atoms with van der Waals surface area (Å²) in [6.45, 7) is 4.32. The van der Waals surface area contributed by atoms with Gasteiger partial charge in [0.05, 0.1) is 12.6 Å². The van der Waals surface area contributed by atoms with Gasteiger partial charge >= 0.3 is 0 Å². The molecule has 28 heavy (non-hydrogen) atoms. The van der Waals surface area contributed by atoms with Crippen molar-refractivity contribution in [1.29, 1.82) is 0 Å². The second-order valence-corrected chi connectivity index (χ2v) is 6.82. The minimum atomic E-state index is -0.314. The van der Waals surface area contributed by atoms with E-state index in [0.717, 1.165) is 5.56 Å². The maximum atomic E-state index is 13.7. The van der Waals surface area contributed by atoms with Gasteiger partial charge in [-0.1, -0.05) is 6.07 Å². The smallest absolute Gasteiger partial charge is 0.254 e. The molecule has 3 aromatic rings. The van der Waals surface area contributed by atoms with Crippen molar-refractivity contribution in [2.24, 2.45) is 0 Å². The van der Waals surface area contributed by atoms with Crippen molar-refractivity contribution in [1.82, 2.24) is 14.9 Å². The second-order valence-electron chi connectivity index (χ2n) is 6.82. The molecule has 1 aliphatic rings. The molecular weight excluding hydrogens is 359 g/mol. The minimum absolute atomic E-state index is 0.0171. The molecule has 2 aromatic carbocycles. The first-order valence-electron chi connectivity index (χ1n) is 9.16. The number of benzene rings is 2. The van der Waals surface area contributed by atoms with Crippen molar-refractivity contribution in [2.45, 2.75) is 6.92 Å². The number of carbonyl (C=O) groups excluding carboxylic acids is 1. The zero-order chi connectivity index (χ0) is 19.7. The number of rotatable bonds is 3. The quantitative estimate of drug-likeness (QED) is 0.699. The predicted molar refractivity (Wildman–Crippen MR) is 105 cm³/mol. The van der Waals surface area contributed by atoms with Crippen LogP contribution in [-0.4, -0.2) is 54.1 Å². The number of aromatic nitrogens is 2. The highest BCUT2D eigenvalue weighted by Crippen LogP contribution is 2.25. The Labute approximate surface area is 162 Å². The standard InChI is InChI=1S/C21H21FN4O2/c1-14-3-4-15(11-19(14)28-2)21(27)26-9-7-25(8-10-26)20-17-12-16(22)5-6-18(17)23-13-24-20/h3-6,11-13H,7-10H2,1-2H3. The van der Waals surface area contributed by atoms with Crippen molar-refractivity contribution in [3.8, 4) is 5.75 Å². The number of amides is 1. The lowest BCUT2D eigenvalue weighted by atomic mass is 10.1. The number of anilines is 1. The average molecular weight is 380 g/mol. The van der Waals surface area contributed by atoms with Crippen LogP contribution in [0.15, 0.2) is 42.7 Å². The number of hydrogen-bond donors (Lipinski definition) is 0. The molecule has 0 N–H and O–H groups in total. The minimum Gasteiger partial charge on any atom is -0.496 e. The van der Waals surface area contributed by atoms with Crippen LogP contribution in [0.3, 0.4) is 0 Å². The molecular formula is C21H21FN4O2. The SMILES string of the molecule is COc1cc(C(=O)N2CCN(c3ncnc4ccc(F)cc34)CC2)ccc1C. The lowest BCUT2D eigenvalue weighted by Crippen LogP contribution is -2.49. The van der Waals surface area contributed by atoms with Crippen molar-refractivity contribution in [3.05, 3.63) is 59.7 Å². The number of ether oxygens (including phenoxy) is 1. The molecule has 4 rings (SSSR count). The summed E-state index contributed by atoms with van der Waals surface area (Å²) >= 11 is 0. The molecule has 0 saturated carbocycles. The van der Waals surface area contributed by atoms with Gasteiger partial charge in [0, 0.05) is 37.1 Å². The monoisotopic (exact) mass is 380 g/mol. The Morgan fingerprint density at radius 3 is 2.61 bits per heavy atom. The van der Waals surface area contributed by atoms with E-state index in [4.69, 9.17) is 4.74 Å². The van der Waals surface area contributed by atoms with Gasteiger partial charge in [0.15, 0.2) is 0 Å². The van der Waals surface area contributed by atoms with Gasteiger partial charge in [-0.15, -0.1) is 0 Å². The van der Waals surface area contributed by atoms with Crippen molar-refractivity contribution in [3.63, 3.8) is 0 Å². The van der Waals surface area contributed by atoms with E-state index in [0.29, 0.717) is 54.2 Å². The summed E-state index contributed by atoms with van der Waals surface area (Å²) in [6, 6.07) is 10.0. The molecule has 144 valence electrons. The van der Waals surface area contributed by atoms with Crippen LogP contribution in [-0.2, 0) is 0 Å². The van der Waals surface area contributed by atoms with Crippen LogP contribution in [0.5, 0.6) is 5.75 Å². The summed E-state index contributed by atoms with van der Waals surface area (Å²) in [7, 11) is 1.60. The lowest BCUT2D eigenvalue weighted by molar-refractivity contribution is 0.0746. The van der Waals surface area contributed by atoms with Crippen LogP contribution in [0.2, 0.25) is 0 Å². The summed E-state index contributed by atoms with van der Waals surface area (Å²) < 4.78 is 19.0. The number of hydrogen-bond acceptors (Lipinski definition) is 5. The molecule has 1 fully saturated rings. The highest BCUT2D eigenvalue weighted by molar-refractivity contribution is 5.95. The van der Waals surface area contributed by atoms with Crippen molar-refractivity contribution >= 4 is 22.6 Å². The molecule has 0 unspecified atom stereocenters. The summed E-state index contributed by atoms with van der Waals surface area (Å²) in [4.78, 5) is 25.3. The fourth-order valence-electron chi connectivity index (χ4n) is 3.52. The van der Waals surface area contributed by atoms with E-state index < -0.39 is 0 Å². The van der Waals surface area contributed by atoms with Gasteiger partial charge in [-0.3, -0.25) is 4.79 Å². The summed E-state index contributed by atoms with van der Waals surface area (Å²) in [6.07, 6.45) is 1.49. The number of nitrogens with zero attached hydrogens (tertiary/aromatic N) is 4. The lowest BCUT2D eigenvalue weighted by Gasteiger charge is -2.35. The predicted octanol–water partition coefficient (Wildman–Crippen LogP) is 3.05. The molecule has 1 amide bonds. The molecule has 0 bridgehead atoms. The number of methoxy groups -OCH3 is 1. The maximum Gasteiger partial charge on any atom is 0.254 e. The Morgan fingerprint density at radius 1 is 1.07 bits per heavy atom. The van der Waals surface area contributed by atoms with E-state index in [1.165, 1.54) is 18.5 Å². The van der Waals surface area contributed by atoms with Crippen LogP contribution >= 0.6 is 0 Å². The highest BCUT2D eigenvalue weighted by Gasteiger charge is 2.24. The largest absolute Gasteiger partial charge is 0.496 e. The fraction of sp³-hybridized carbons (Fsp3) is 0.286. The fourth-order valence-corrected chi connectivity index (χ4v) is 3.52. The average Bonchev–Trinajstić information content (AvgIpc) is 2.73. The third kappa shape index (κ3) is 3.35. The third-order valence-corrected chi connectivity index (χ3v) is 5.10. The summed E-state index contributed by atoms with van der Waals surface area (Å²) in [5.41, 5.74) is 2.31. The summed E-state index contributed by atoms with van der Waals surface area (Å²) in [5, 5.41) is 0.686. The number of carbonyl (C=O) groups is 1. The first kappa shape index (κ1) is 18.2. The number of fused-ring (bicyclic) bond motifs is 1. The molecule has 1 aromatic heterocycles. The zero-order valence-electron chi connectivity index (χ0n) is 15.9. The Hall–Kier alpha value is -3.22. The highest BCUT2D eigenvalue weighted by atomic mass is 19.1. The molecule has 7 heteroatoms. The second kappa shape index (κ2) is 7.42. The number of halogens is 1. The van der Waals surface area contributed by atoms with Crippen LogP contribution in [0.1, 0.15) is 15.9 Å². The molecule has 1 aliphatic heterocycles. The molecule has 0 radical (unpaired) electrons. The number of aryl methyl sites for hydroxylation is 1. The van der Waals surface area contributed by atoms with E-state index >= 15 is 0 Å². The van der Waals surface area contributed by atoms with Gasteiger partial charge in [-0.05, 0) is 42.8 Å². The maximum absolute atomic E-state index is 13.7. The van der Waals surface area contributed by atoms with Gasteiger partial charge in [0.2, 0.25) is 0 Å². The topological polar surface area (TPSA) is 58.6 Å². The Kier molecular flexibility index (Phi) is 4.81. The summed E-state index contributed by atoms with van der Waals surface area (Å²) in [5.74, 6) is 1.08. The first-order chi connectivity index (χ1) is 13.6. The van der Waals surface area contributed by atoms with Crippen LogP contribution < -0.4 is 9.64 Å². The normalized spacial score (nSPS) is 14.4. The van der Waals surface area contributed by atoms with Crippen molar-refractivity contribution < 1.29 is 13.9 Å². The van der Waals surface area contributed by atoms with Gasteiger partial charge in [0.25, 0.3) is 5.91 Å². The Balaban J connectivity index is 1.51. The number of piperazine rings is 1. The van der Waals surface area contributed by atoms with Gasteiger partial charge in [-0.25, -0.2) is 14.4 Å². The van der Waals surface area contributed by atoms with Gasteiger partial charge < -0.3 is 14.5 Å². The van der Waals surface area contributed by atoms with E-state index in [-0.39, 0.29) is 11.7 Å². The van der Waals surface area contributed by atoms with E-state index in [1.54, 1.807) is 19.2 Å². The molecule has 6 nitrogen and oxygen atoms in total. The Morgan fingerprint density at radius 2 is 1.86 bits per heavy atom.